The summed E-state index contributed by atoms with van der Waals surface area (Å²) < 4.78 is 15.2. The molecule has 3 heterocycles. The number of hydrogen-bond donors (Lipinski definition) is 1. The molecule has 1 saturated heterocycles. The van der Waals surface area contributed by atoms with Gasteiger partial charge in [0.25, 0.3) is 0 Å². The molecule has 2 aromatic heterocycles. The van der Waals surface area contributed by atoms with Crippen LogP contribution in [-0.4, -0.2) is 51.2 Å². The minimum Gasteiger partial charge on any atom is -0.353 e. The van der Waals surface area contributed by atoms with Crippen molar-refractivity contribution < 1.29 is 9.18 Å². The number of nitrogens with zero attached hydrogens (tertiary/aromatic N) is 4. The van der Waals surface area contributed by atoms with Gasteiger partial charge in [0.1, 0.15) is 5.82 Å². The molecule has 0 spiro atoms. The van der Waals surface area contributed by atoms with Crippen LogP contribution in [0.5, 0.6) is 0 Å². The summed E-state index contributed by atoms with van der Waals surface area (Å²) in [6.45, 7) is 4.95. The maximum absolute atomic E-state index is 13.3. The molecular formula is C23H26FN5O. The SMILES string of the molecule is C[C@@H](C(=O)NCCn1nc(-c2ccc(F)cc2)cc1-c1cccnc1)N1CCCC1. The van der Waals surface area contributed by atoms with Gasteiger partial charge in [-0.25, -0.2) is 4.39 Å². The third kappa shape index (κ3) is 4.57. The van der Waals surface area contributed by atoms with E-state index >= 15 is 0 Å². The summed E-state index contributed by atoms with van der Waals surface area (Å²) >= 11 is 0. The number of rotatable bonds is 7. The topological polar surface area (TPSA) is 63.1 Å². The molecule has 7 heteroatoms. The van der Waals surface area contributed by atoms with E-state index in [-0.39, 0.29) is 17.8 Å². The van der Waals surface area contributed by atoms with Crippen LogP contribution in [0.15, 0.2) is 54.9 Å². The molecule has 1 aromatic carbocycles. The first kappa shape index (κ1) is 20.2. The van der Waals surface area contributed by atoms with E-state index in [1.54, 1.807) is 24.5 Å². The van der Waals surface area contributed by atoms with Gasteiger partial charge in [-0.1, -0.05) is 0 Å². The Balaban J connectivity index is 1.49. The van der Waals surface area contributed by atoms with Crippen LogP contribution in [0.3, 0.4) is 0 Å². The zero-order valence-electron chi connectivity index (χ0n) is 17.1. The van der Waals surface area contributed by atoms with Crippen molar-refractivity contribution in [3.63, 3.8) is 0 Å². The molecule has 0 bridgehead atoms. The number of hydrogen-bond acceptors (Lipinski definition) is 4. The second kappa shape index (κ2) is 9.17. The van der Waals surface area contributed by atoms with Crippen LogP contribution in [0, 0.1) is 5.82 Å². The molecule has 1 fully saturated rings. The summed E-state index contributed by atoms with van der Waals surface area (Å²) in [4.78, 5) is 18.9. The third-order valence-electron chi connectivity index (χ3n) is 5.57. The first-order chi connectivity index (χ1) is 14.6. The van der Waals surface area contributed by atoms with Crippen LogP contribution < -0.4 is 5.32 Å². The van der Waals surface area contributed by atoms with Crippen LogP contribution in [0.1, 0.15) is 19.8 Å². The van der Waals surface area contributed by atoms with Gasteiger partial charge < -0.3 is 5.32 Å². The summed E-state index contributed by atoms with van der Waals surface area (Å²) in [6, 6.07) is 12.0. The molecule has 156 valence electrons. The lowest BCUT2D eigenvalue weighted by Gasteiger charge is -2.22. The van der Waals surface area contributed by atoms with E-state index in [0.717, 1.165) is 48.4 Å². The van der Waals surface area contributed by atoms with Crippen molar-refractivity contribution in [2.24, 2.45) is 0 Å². The highest BCUT2D eigenvalue weighted by molar-refractivity contribution is 5.81. The molecule has 3 aromatic rings. The fourth-order valence-corrected chi connectivity index (χ4v) is 3.82. The zero-order chi connectivity index (χ0) is 20.9. The van der Waals surface area contributed by atoms with Gasteiger partial charge >= 0.3 is 0 Å². The number of carbonyl (C=O) groups is 1. The number of amides is 1. The summed E-state index contributed by atoms with van der Waals surface area (Å²) in [7, 11) is 0. The van der Waals surface area contributed by atoms with Gasteiger partial charge in [-0.05, 0) is 75.3 Å². The zero-order valence-corrected chi connectivity index (χ0v) is 17.1. The Hall–Kier alpha value is -3.06. The maximum Gasteiger partial charge on any atom is 0.237 e. The van der Waals surface area contributed by atoms with Crippen molar-refractivity contribution in [3.8, 4) is 22.5 Å². The summed E-state index contributed by atoms with van der Waals surface area (Å²) in [5.41, 5.74) is 3.44. The normalized spacial score (nSPS) is 15.3. The lowest BCUT2D eigenvalue weighted by molar-refractivity contribution is -0.125. The van der Waals surface area contributed by atoms with E-state index in [1.165, 1.54) is 12.1 Å². The average Bonchev–Trinajstić information content (AvgIpc) is 3.45. The summed E-state index contributed by atoms with van der Waals surface area (Å²) in [5, 5.41) is 7.75. The molecule has 1 aliphatic heterocycles. The second-order valence-corrected chi connectivity index (χ2v) is 7.60. The van der Waals surface area contributed by atoms with E-state index in [9.17, 15) is 9.18 Å². The van der Waals surface area contributed by atoms with E-state index in [0.29, 0.717) is 13.1 Å². The van der Waals surface area contributed by atoms with Crippen molar-refractivity contribution in [2.45, 2.75) is 32.4 Å². The first-order valence-electron chi connectivity index (χ1n) is 10.4. The number of aromatic nitrogens is 3. The van der Waals surface area contributed by atoms with E-state index in [4.69, 9.17) is 5.10 Å². The molecule has 1 atom stereocenters. The van der Waals surface area contributed by atoms with Crippen molar-refractivity contribution in [3.05, 3.63) is 60.7 Å². The molecule has 0 aliphatic carbocycles. The highest BCUT2D eigenvalue weighted by Gasteiger charge is 2.23. The van der Waals surface area contributed by atoms with Crippen molar-refractivity contribution in [2.75, 3.05) is 19.6 Å². The Morgan fingerprint density at radius 3 is 2.63 bits per heavy atom. The number of carbonyl (C=O) groups excluding carboxylic acids is 1. The standard InChI is InChI=1S/C23H26FN5O/c1-17(28-12-2-3-13-28)23(30)26-11-14-29-22(19-5-4-10-25-16-19)15-21(27-29)18-6-8-20(24)9-7-18/h4-10,15-17H,2-3,11-14H2,1H3,(H,26,30)/t17-/m0/s1. The maximum atomic E-state index is 13.3. The van der Waals surface area contributed by atoms with E-state index in [1.807, 2.05) is 29.8 Å². The number of halogens is 1. The first-order valence-corrected chi connectivity index (χ1v) is 10.4. The lowest BCUT2D eigenvalue weighted by Crippen LogP contribution is -2.44. The Morgan fingerprint density at radius 1 is 1.17 bits per heavy atom. The smallest absolute Gasteiger partial charge is 0.237 e. The molecular weight excluding hydrogens is 381 g/mol. The monoisotopic (exact) mass is 407 g/mol. The van der Waals surface area contributed by atoms with Gasteiger partial charge in [-0.15, -0.1) is 0 Å². The number of benzene rings is 1. The molecule has 0 unspecified atom stereocenters. The molecule has 1 aliphatic rings. The van der Waals surface area contributed by atoms with Crippen LogP contribution in [0.25, 0.3) is 22.5 Å². The Morgan fingerprint density at radius 2 is 1.93 bits per heavy atom. The molecule has 0 radical (unpaired) electrons. The molecule has 1 N–H and O–H groups in total. The van der Waals surface area contributed by atoms with Gasteiger partial charge in [0.2, 0.25) is 5.91 Å². The molecule has 0 saturated carbocycles. The summed E-state index contributed by atoms with van der Waals surface area (Å²) in [5.74, 6) is -0.230. The fraction of sp³-hybridized carbons (Fsp3) is 0.348. The number of pyridine rings is 1. The predicted octanol–water partition coefficient (Wildman–Crippen LogP) is 3.35. The summed E-state index contributed by atoms with van der Waals surface area (Å²) in [6.07, 6.45) is 5.83. The van der Waals surface area contributed by atoms with E-state index in [2.05, 4.69) is 15.2 Å². The second-order valence-electron chi connectivity index (χ2n) is 7.60. The van der Waals surface area contributed by atoms with Crippen molar-refractivity contribution in [1.29, 1.82) is 0 Å². The molecule has 30 heavy (non-hydrogen) atoms. The molecule has 6 nitrogen and oxygen atoms in total. The van der Waals surface area contributed by atoms with E-state index < -0.39 is 0 Å². The fourth-order valence-electron chi connectivity index (χ4n) is 3.82. The highest BCUT2D eigenvalue weighted by atomic mass is 19.1. The third-order valence-corrected chi connectivity index (χ3v) is 5.57. The minimum absolute atomic E-state index is 0.0470. The van der Waals surface area contributed by atoms with Gasteiger partial charge in [0, 0.05) is 30.1 Å². The van der Waals surface area contributed by atoms with Crippen LogP contribution in [0.4, 0.5) is 4.39 Å². The van der Waals surface area contributed by atoms with Gasteiger partial charge in [0.15, 0.2) is 0 Å². The van der Waals surface area contributed by atoms with Crippen molar-refractivity contribution in [1.82, 2.24) is 25.0 Å². The van der Waals surface area contributed by atoms with Crippen LogP contribution >= 0.6 is 0 Å². The highest BCUT2D eigenvalue weighted by Crippen LogP contribution is 2.26. The molecule has 4 rings (SSSR count). The average molecular weight is 407 g/mol. The number of likely N-dealkylation sites (tertiary alicyclic amines) is 1. The Labute approximate surface area is 175 Å². The number of nitrogens with one attached hydrogen (secondary N) is 1. The van der Waals surface area contributed by atoms with Crippen LogP contribution in [0.2, 0.25) is 0 Å². The van der Waals surface area contributed by atoms with Gasteiger partial charge in [0.05, 0.1) is 24.0 Å². The lowest BCUT2D eigenvalue weighted by atomic mass is 10.1. The van der Waals surface area contributed by atoms with Gasteiger partial charge in [-0.2, -0.15) is 5.10 Å². The predicted molar refractivity (Wildman–Crippen MR) is 114 cm³/mol. The molecule has 1 amide bonds. The minimum atomic E-state index is -0.277. The largest absolute Gasteiger partial charge is 0.353 e. The quantitative estimate of drug-likeness (QED) is 0.652. The Kier molecular flexibility index (Phi) is 6.18. The van der Waals surface area contributed by atoms with Crippen molar-refractivity contribution >= 4 is 5.91 Å². The Bertz CT molecular complexity index is 981. The van der Waals surface area contributed by atoms with Gasteiger partial charge in [-0.3, -0.25) is 19.4 Å². The van der Waals surface area contributed by atoms with Crippen LogP contribution in [-0.2, 0) is 11.3 Å².